The van der Waals surface area contributed by atoms with Gasteiger partial charge in [-0.15, -0.1) is 0 Å². The zero-order valence-electron chi connectivity index (χ0n) is 12.1. The van der Waals surface area contributed by atoms with Gasteiger partial charge in [-0.2, -0.15) is 0 Å². The second kappa shape index (κ2) is 8.08. The molecule has 2 heteroatoms. The quantitative estimate of drug-likeness (QED) is 0.652. The normalized spacial score (nSPS) is 14.4. The van der Waals surface area contributed by atoms with E-state index in [0.29, 0.717) is 6.04 Å². The number of hydrogen-bond acceptors (Lipinski definition) is 2. The van der Waals surface area contributed by atoms with Gasteiger partial charge < -0.3 is 10.1 Å². The fourth-order valence-corrected chi connectivity index (χ4v) is 1.84. The molecule has 0 amide bonds. The van der Waals surface area contributed by atoms with Crippen molar-refractivity contribution < 1.29 is 4.74 Å². The molecule has 2 nitrogen and oxygen atoms in total. The van der Waals surface area contributed by atoms with E-state index >= 15 is 0 Å². The van der Waals surface area contributed by atoms with Gasteiger partial charge in [-0.3, -0.25) is 0 Å². The largest absolute Gasteiger partial charge is 0.379 e. The van der Waals surface area contributed by atoms with Crippen molar-refractivity contribution in [3.8, 4) is 0 Å². The number of methoxy groups -OCH3 is 1. The average Bonchev–Trinajstić information content (AvgIpc) is 2.22. The van der Waals surface area contributed by atoms with E-state index in [4.69, 9.17) is 4.74 Å². The van der Waals surface area contributed by atoms with Crippen LogP contribution in [0.1, 0.15) is 60.3 Å². The van der Waals surface area contributed by atoms with Gasteiger partial charge >= 0.3 is 0 Å². The average molecular weight is 229 g/mol. The highest BCUT2D eigenvalue weighted by Gasteiger charge is 2.22. The molecule has 0 spiro atoms. The third kappa shape index (κ3) is 8.12. The van der Waals surface area contributed by atoms with Crippen LogP contribution < -0.4 is 5.32 Å². The molecule has 0 heterocycles. The molecule has 0 rings (SSSR count). The molecule has 0 aromatic rings. The van der Waals surface area contributed by atoms with Gasteiger partial charge in [0.15, 0.2) is 0 Å². The summed E-state index contributed by atoms with van der Waals surface area (Å²) in [5, 5.41) is 3.64. The van der Waals surface area contributed by atoms with Crippen LogP contribution in [0.5, 0.6) is 0 Å². The summed E-state index contributed by atoms with van der Waals surface area (Å²) >= 11 is 0. The third-order valence-electron chi connectivity index (χ3n) is 3.07. The molecule has 1 N–H and O–H groups in total. The van der Waals surface area contributed by atoms with E-state index in [1.54, 1.807) is 7.11 Å². The minimum absolute atomic E-state index is 0.0115. The summed E-state index contributed by atoms with van der Waals surface area (Å²) in [4.78, 5) is 0. The predicted molar refractivity (Wildman–Crippen MR) is 71.9 cm³/mol. The molecule has 0 saturated heterocycles. The van der Waals surface area contributed by atoms with Crippen LogP contribution in [0.15, 0.2) is 0 Å². The van der Waals surface area contributed by atoms with E-state index in [9.17, 15) is 0 Å². The van der Waals surface area contributed by atoms with E-state index < -0.39 is 0 Å². The molecule has 16 heavy (non-hydrogen) atoms. The minimum Gasteiger partial charge on any atom is -0.379 e. The fourth-order valence-electron chi connectivity index (χ4n) is 1.84. The number of nitrogens with one attached hydrogen (secondary N) is 1. The molecule has 0 aromatic carbocycles. The molecule has 0 aliphatic heterocycles. The Hall–Kier alpha value is -0.0800. The number of rotatable bonds is 9. The van der Waals surface area contributed by atoms with Gasteiger partial charge in [0.2, 0.25) is 0 Å². The minimum atomic E-state index is -0.0115. The van der Waals surface area contributed by atoms with Crippen LogP contribution in [-0.4, -0.2) is 25.3 Å². The summed E-state index contributed by atoms with van der Waals surface area (Å²) in [5.41, 5.74) is -0.0115. The van der Waals surface area contributed by atoms with Crippen molar-refractivity contribution in [2.75, 3.05) is 13.7 Å². The van der Waals surface area contributed by atoms with Crippen molar-refractivity contribution in [2.45, 2.75) is 71.9 Å². The van der Waals surface area contributed by atoms with Gasteiger partial charge in [-0.1, -0.05) is 20.8 Å². The molecule has 0 radical (unpaired) electrons. The molecule has 0 aliphatic rings. The van der Waals surface area contributed by atoms with Gasteiger partial charge in [0.1, 0.15) is 0 Å². The maximum Gasteiger partial charge on any atom is 0.0637 e. The summed E-state index contributed by atoms with van der Waals surface area (Å²) in [6.07, 6.45) is 4.84. The van der Waals surface area contributed by atoms with Crippen LogP contribution in [-0.2, 0) is 4.74 Å². The van der Waals surface area contributed by atoms with Crippen molar-refractivity contribution in [3.63, 3.8) is 0 Å². The predicted octanol–water partition coefficient (Wildman–Crippen LogP) is 3.61. The molecule has 0 aliphatic carbocycles. The zero-order valence-corrected chi connectivity index (χ0v) is 12.1. The Labute approximate surface area is 102 Å². The van der Waals surface area contributed by atoms with E-state index in [1.165, 1.54) is 19.3 Å². The Morgan fingerprint density at radius 2 is 1.81 bits per heavy atom. The SMILES string of the molecule is CCCNC(CCC(C)C)CC(C)(C)OC. The molecule has 98 valence electrons. The van der Waals surface area contributed by atoms with Crippen molar-refractivity contribution in [2.24, 2.45) is 5.92 Å². The summed E-state index contributed by atoms with van der Waals surface area (Å²) in [7, 11) is 1.80. The third-order valence-corrected chi connectivity index (χ3v) is 3.07. The highest BCUT2D eigenvalue weighted by atomic mass is 16.5. The molecule has 0 bridgehead atoms. The maximum atomic E-state index is 5.51. The second-order valence-electron chi connectivity index (χ2n) is 5.79. The summed E-state index contributed by atoms with van der Waals surface area (Å²) < 4.78 is 5.51. The van der Waals surface area contributed by atoms with Crippen LogP contribution in [0.4, 0.5) is 0 Å². The lowest BCUT2D eigenvalue weighted by atomic mass is 9.93. The first-order chi connectivity index (χ1) is 7.41. The first-order valence-corrected chi connectivity index (χ1v) is 6.69. The van der Waals surface area contributed by atoms with Crippen molar-refractivity contribution in [1.82, 2.24) is 5.32 Å². The Bertz CT molecular complexity index is 166. The standard InChI is InChI=1S/C14H31NO/c1-7-10-15-13(9-8-12(2)3)11-14(4,5)16-6/h12-13,15H,7-11H2,1-6H3. The topological polar surface area (TPSA) is 21.3 Å². The summed E-state index contributed by atoms with van der Waals surface area (Å²) in [6, 6.07) is 0.595. The number of hydrogen-bond donors (Lipinski definition) is 1. The lowest BCUT2D eigenvalue weighted by molar-refractivity contribution is 0.00599. The second-order valence-corrected chi connectivity index (χ2v) is 5.79. The lowest BCUT2D eigenvalue weighted by Gasteiger charge is -2.29. The van der Waals surface area contributed by atoms with Gasteiger partial charge in [-0.25, -0.2) is 0 Å². The molecule has 0 fully saturated rings. The van der Waals surface area contributed by atoms with Crippen LogP contribution in [0, 0.1) is 5.92 Å². The van der Waals surface area contributed by atoms with E-state index in [0.717, 1.165) is 18.9 Å². The Balaban J connectivity index is 4.08. The summed E-state index contributed by atoms with van der Waals surface area (Å²) in [5.74, 6) is 0.789. The monoisotopic (exact) mass is 229 g/mol. The number of ether oxygens (including phenoxy) is 1. The summed E-state index contributed by atoms with van der Waals surface area (Å²) in [6.45, 7) is 12.2. The van der Waals surface area contributed by atoms with Gasteiger partial charge in [-0.05, 0) is 52.0 Å². The molecule has 0 saturated carbocycles. The van der Waals surface area contributed by atoms with Gasteiger partial charge in [0, 0.05) is 13.2 Å². The van der Waals surface area contributed by atoms with Crippen LogP contribution in [0.3, 0.4) is 0 Å². The first-order valence-electron chi connectivity index (χ1n) is 6.69. The molecule has 1 unspecified atom stereocenters. The van der Waals surface area contributed by atoms with E-state index in [-0.39, 0.29) is 5.60 Å². The van der Waals surface area contributed by atoms with Crippen LogP contribution in [0.25, 0.3) is 0 Å². The molecular formula is C14H31NO. The van der Waals surface area contributed by atoms with Crippen molar-refractivity contribution in [1.29, 1.82) is 0 Å². The maximum absolute atomic E-state index is 5.51. The smallest absolute Gasteiger partial charge is 0.0637 e. The Morgan fingerprint density at radius 3 is 2.25 bits per heavy atom. The molecule has 0 aromatic heterocycles. The van der Waals surface area contributed by atoms with Crippen molar-refractivity contribution >= 4 is 0 Å². The van der Waals surface area contributed by atoms with E-state index in [2.05, 4.69) is 39.9 Å². The molecular weight excluding hydrogens is 198 g/mol. The fraction of sp³-hybridized carbons (Fsp3) is 1.00. The highest BCUT2D eigenvalue weighted by molar-refractivity contribution is 4.78. The Kier molecular flexibility index (Phi) is 8.04. The van der Waals surface area contributed by atoms with Crippen LogP contribution >= 0.6 is 0 Å². The lowest BCUT2D eigenvalue weighted by Crippen LogP contribution is -2.38. The van der Waals surface area contributed by atoms with E-state index in [1.807, 2.05) is 0 Å². The van der Waals surface area contributed by atoms with Gasteiger partial charge in [0.25, 0.3) is 0 Å². The molecule has 1 atom stereocenters. The van der Waals surface area contributed by atoms with Crippen molar-refractivity contribution in [3.05, 3.63) is 0 Å². The zero-order chi connectivity index (χ0) is 12.6. The Morgan fingerprint density at radius 1 is 1.19 bits per heavy atom. The highest BCUT2D eigenvalue weighted by Crippen LogP contribution is 2.19. The first kappa shape index (κ1) is 15.9. The van der Waals surface area contributed by atoms with Crippen LogP contribution in [0.2, 0.25) is 0 Å². The van der Waals surface area contributed by atoms with Gasteiger partial charge in [0.05, 0.1) is 5.60 Å².